The van der Waals surface area contributed by atoms with Crippen LogP contribution >= 0.6 is 0 Å². The van der Waals surface area contributed by atoms with Crippen LogP contribution in [-0.4, -0.2) is 14.3 Å². The maximum absolute atomic E-state index is 12.2. The van der Waals surface area contributed by atoms with Crippen LogP contribution < -0.4 is 5.69 Å². The van der Waals surface area contributed by atoms with E-state index in [4.69, 9.17) is 0 Å². The molecule has 0 spiro atoms. The summed E-state index contributed by atoms with van der Waals surface area (Å²) in [6.45, 7) is 0.690. The van der Waals surface area contributed by atoms with E-state index in [2.05, 4.69) is 17.1 Å². The van der Waals surface area contributed by atoms with Crippen LogP contribution in [0.25, 0.3) is 5.69 Å². The van der Waals surface area contributed by atoms with E-state index < -0.39 is 0 Å². The Balaban J connectivity index is 1.90. The lowest BCUT2D eigenvalue weighted by molar-refractivity contribution is 0.552. The fourth-order valence-corrected chi connectivity index (χ4v) is 2.76. The number of benzene rings is 2. The molecule has 0 atom stereocenters. The first kappa shape index (κ1) is 11.2. The molecule has 98 valence electrons. The molecule has 0 unspecified atom stereocenters. The second kappa shape index (κ2) is 4.20. The zero-order valence-electron chi connectivity index (χ0n) is 10.9. The molecule has 3 aromatic rings. The lowest BCUT2D eigenvalue weighted by Gasteiger charge is -2.20. The van der Waals surface area contributed by atoms with E-state index in [-0.39, 0.29) is 5.69 Å². The molecular formula is C16H13N3O. The molecule has 0 aliphatic carbocycles. The van der Waals surface area contributed by atoms with Crippen LogP contribution in [0.2, 0.25) is 0 Å². The molecule has 4 rings (SSSR count). The Bertz CT molecular complexity index is 830. The fourth-order valence-electron chi connectivity index (χ4n) is 2.76. The van der Waals surface area contributed by atoms with Gasteiger partial charge in [-0.3, -0.25) is 4.68 Å². The van der Waals surface area contributed by atoms with Gasteiger partial charge in [-0.05, 0) is 23.3 Å². The van der Waals surface area contributed by atoms with Crippen molar-refractivity contribution in [3.05, 3.63) is 82.0 Å². The number of fused-ring (bicyclic) bond motifs is 2. The smallest absolute Gasteiger partial charge is 0.258 e. The van der Waals surface area contributed by atoms with Gasteiger partial charge >= 0.3 is 5.69 Å². The van der Waals surface area contributed by atoms with Gasteiger partial charge in [-0.1, -0.05) is 42.5 Å². The summed E-state index contributed by atoms with van der Waals surface area (Å²) in [7, 11) is 0. The summed E-state index contributed by atoms with van der Waals surface area (Å²) in [6, 6.07) is 17.9. The van der Waals surface area contributed by atoms with E-state index in [1.807, 2.05) is 47.1 Å². The largest absolute Gasteiger partial charge is 0.368 e. The molecule has 0 N–H and O–H groups in total. The number of para-hydroxylation sites is 1. The quantitative estimate of drug-likeness (QED) is 0.527. The highest BCUT2D eigenvalue weighted by Gasteiger charge is 2.20. The number of hydrogen-bond acceptors (Lipinski definition) is 2. The lowest BCUT2D eigenvalue weighted by Crippen LogP contribution is -2.24. The van der Waals surface area contributed by atoms with Gasteiger partial charge in [-0.25, -0.2) is 4.79 Å². The third-order valence-corrected chi connectivity index (χ3v) is 3.73. The van der Waals surface area contributed by atoms with Crippen LogP contribution in [-0.2, 0) is 13.0 Å². The van der Waals surface area contributed by atoms with Crippen molar-refractivity contribution in [2.45, 2.75) is 13.0 Å². The Morgan fingerprint density at radius 3 is 2.40 bits per heavy atom. The molecule has 1 aliphatic rings. The van der Waals surface area contributed by atoms with Gasteiger partial charge in [0.2, 0.25) is 0 Å². The van der Waals surface area contributed by atoms with Crippen LogP contribution in [0.15, 0.2) is 59.4 Å². The first-order valence-corrected chi connectivity index (χ1v) is 6.64. The summed E-state index contributed by atoms with van der Waals surface area (Å²) in [4.78, 5) is 16.4. The van der Waals surface area contributed by atoms with Crippen molar-refractivity contribution < 1.29 is 0 Å². The standard InChI is InChI=1S/C16H13N3O/c20-16-17-15-10-12-6-4-5-7-13(12)11-18(15)19(16)14-8-2-1-3-9-14/h1-9H,10-11H2. The van der Waals surface area contributed by atoms with Gasteiger partial charge in [-0.2, -0.15) is 9.67 Å². The number of rotatable bonds is 1. The number of nitrogens with zero attached hydrogens (tertiary/aromatic N) is 3. The van der Waals surface area contributed by atoms with Crippen molar-refractivity contribution in [3.63, 3.8) is 0 Å². The maximum atomic E-state index is 12.2. The second-order valence-corrected chi connectivity index (χ2v) is 4.96. The van der Waals surface area contributed by atoms with E-state index in [0.29, 0.717) is 13.0 Å². The maximum Gasteiger partial charge on any atom is 0.368 e. The highest BCUT2D eigenvalue weighted by atomic mass is 16.2. The first-order valence-electron chi connectivity index (χ1n) is 6.64. The van der Waals surface area contributed by atoms with Gasteiger partial charge in [0.25, 0.3) is 0 Å². The predicted octanol–water partition coefficient (Wildman–Crippen LogP) is 1.99. The van der Waals surface area contributed by atoms with Crippen molar-refractivity contribution in [2.24, 2.45) is 0 Å². The van der Waals surface area contributed by atoms with Crippen LogP contribution in [0, 0.1) is 0 Å². The molecule has 0 saturated carbocycles. The minimum absolute atomic E-state index is 0.209. The van der Waals surface area contributed by atoms with Crippen LogP contribution in [0.4, 0.5) is 0 Å². The molecule has 2 heterocycles. The third-order valence-electron chi connectivity index (χ3n) is 3.73. The summed E-state index contributed by atoms with van der Waals surface area (Å²) < 4.78 is 3.63. The predicted molar refractivity (Wildman–Crippen MR) is 76.2 cm³/mol. The van der Waals surface area contributed by atoms with Crippen LogP contribution in [0.1, 0.15) is 17.0 Å². The van der Waals surface area contributed by atoms with Crippen LogP contribution in [0.3, 0.4) is 0 Å². The second-order valence-electron chi connectivity index (χ2n) is 4.96. The van der Waals surface area contributed by atoms with Crippen molar-refractivity contribution >= 4 is 0 Å². The molecule has 0 fully saturated rings. The molecule has 0 bridgehead atoms. The Morgan fingerprint density at radius 2 is 1.60 bits per heavy atom. The molecular weight excluding hydrogens is 250 g/mol. The highest BCUT2D eigenvalue weighted by molar-refractivity contribution is 5.35. The summed E-state index contributed by atoms with van der Waals surface area (Å²) >= 11 is 0. The summed E-state index contributed by atoms with van der Waals surface area (Å²) in [6.07, 6.45) is 0.714. The van der Waals surface area contributed by atoms with E-state index in [9.17, 15) is 4.79 Å². The van der Waals surface area contributed by atoms with Crippen molar-refractivity contribution in [1.29, 1.82) is 0 Å². The van der Waals surface area contributed by atoms with E-state index in [0.717, 1.165) is 11.5 Å². The van der Waals surface area contributed by atoms with Gasteiger partial charge in [0.1, 0.15) is 5.82 Å². The zero-order chi connectivity index (χ0) is 13.5. The Labute approximate surface area is 115 Å². The summed E-state index contributed by atoms with van der Waals surface area (Å²) in [5, 5.41) is 0. The molecule has 0 saturated heterocycles. The van der Waals surface area contributed by atoms with Gasteiger partial charge in [-0.15, -0.1) is 0 Å². The van der Waals surface area contributed by atoms with Crippen LogP contribution in [0.5, 0.6) is 0 Å². The summed E-state index contributed by atoms with van der Waals surface area (Å²) in [5.41, 5.74) is 3.15. The average Bonchev–Trinajstić information content (AvgIpc) is 2.80. The Kier molecular flexibility index (Phi) is 2.36. The monoisotopic (exact) mass is 263 g/mol. The van der Waals surface area contributed by atoms with Gasteiger partial charge in [0.05, 0.1) is 12.2 Å². The minimum atomic E-state index is -0.209. The van der Waals surface area contributed by atoms with Crippen molar-refractivity contribution in [3.8, 4) is 5.69 Å². The molecule has 1 aromatic heterocycles. The highest BCUT2D eigenvalue weighted by Crippen LogP contribution is 2.21. The third kappa shape index (κ3) is 1.61. The van der Waals surface area contributed by atoms with E-state index >= 15 is 0 Å². The Hall–Kier alpha value is -2.62. The SMILES string of the molecule is O=c1nc2n(n1-c1ccccc1)Cc1ccccc1C2. The van der Waals surface area contributed by atoms with Crippen molar-refractivity contribution in [2.75, 3.05) is 0 Å². The number of hydrogen-bond donors (Lipinski definition) is 0. The molecule has 0 amide bonds. The molecule has 0 radical (unpaired) electrons. The van der Waals surface area contributed by atoms with Gasteiger partial charge < -0.3 is 0 Å². The molecule has 1 aliphatic heterocycles. The summed E-state index contributed by atoms with van der Waals surface area (Å²) in [5.74, 6) is 0.831. The minimum Gasteiger partial charge on any atom is -0.258 e. The zero-order valence-corrected chi connectivity index (χ0v) is 10.9. The lowest BCUT2D eigenvalue weighted by atomic mass is 10.0. The van der Waals surface area contributed by atoms with Gasteiger partial charge in [0.15, 0.2) is 0 Å². The fraction of sp³-hybridized carbons (Fsp3) is 0.125. The number of aromatic nitrogens is 3. The Morgan fingerprint density at radius 1 is 0.900 bits per heavy atom. The normalized spacial score (nSPS) is 12.8. The van der Waals surface area contributed by atoms with E-state index in [1.165, 1.54) is 11.1 Å². The first-order chi connectivity index (χ1) is 9.83. The molecule has 4 heteroatoms. The molecule has 2 aromatic carbocycles. The topological polar surface area (TPSA) is 39.8 Å². The van der Waals surface area contributed by atoms with Crippen molar-refractivity contribution in [1.82, 2.24) is 14.3 Å². The molecule has 20 heavy (non-hydrogen) atoms. The average molecular weight is 263 g/mol. The van der Waals surface area contributed by atoms with E-state index in [1.54, 1.807) is 4.68 Å². The molecule has 4 nitrogen and oxygen atoms in total. The van der Waals surface area contributed by atoms with Gasteiger partial charge in [0, 0.05) is 6.42 Å².